The molecule has 1 aromatic rings. The number of methoxy groups -OCH3 is 1. The largest absolute Gasteiger partial charge is 0.462 e. The average molecular weight is 294 g/mol. The Kier molecular flexibility index (Phi) is 8.08. The van der Waals surface area contributed by atoms with Crippen molar-refractivity contribution in [1.29, 1.82) is 0 Å². The van der Waals surface area contributed by atoms with E-state index in [2.05, 4.69) is 10.6 Å². The molecule has 0 spiro atoms. The van der Waals surface area contributed by atoms with Gasteiger partial charge in [-0.05, 0) is 24.6 Å². The van der Waals surface area contributed by atoms with E-state index in [1.807, 2.05) is 0 Å². The quantitative estimate of drug-likeness (QED) is 0.518. The van der Waals surface area contributed by atoms with Crippen molar-refractivity contribution >= 4 is 11.9 Å². The van der Waals surface area contributed by atoms with E-state index >= 15 is 0 Å². The van der Waals surface area contributed by atoms with Gasteiger partial charge in [-0.25, -0.2) is 4.79 Å². The van der Waals surface area contributed by atoms with Gasteiger partial charge in [0.2, 0.25) is 5.91 Å². The maximum absolute atomic E-state index is 11.6. The highest BCUT2D eigenvalue weighted by molar-refractivity contribution is 5.89. The molecule has 2 N–H and O–H groups in total. The maximum Gasteiger partial charge on any atom is 0.338 e. The zero-order chi connectivity index (χ0) is 15.5. The molecule has 1 rings (SSSR count). The van der Waals surface area contributed by atoms with Crippen LogP contribution >= 0.6 is 0 Å². The molecule has 0 aliphatic rings. The summed E-state index contributed by atoms with van der Waals surface area (Å²) in [5.74, 6) is -0.420. The summed E-state index contributed by atoms with van der Waals surface area (Å²) >= 11 is 0. The monoisotopic (exact) mass is 294 g/mol. The summed E-state index contributed by atoms with van der Waals surface area (Å²) in [4.78, 5) is 23.0. The van der Waals surface area contributed by atoms with Crippen molar-refractivity contribution in [2.24, 2.45) is 0 Å². The van der Waals surface area contributed by atoms with Gasteiger partial charge in [0.25, 0.3) is 0 Å². The molecule has 0 saturated carbocycles. The van der Waals surface area contributed by atoms with Gasteiger partial charge < -0.3 is 20.1 Å². The molecule has 0 aliphatic carbocycles. The van der Waals surface area contributed by atoms with Crippen LogP contribution in [-0.4, -0.2) is 45.3 Å². The van der Waals surface area contributed by atoms with Gasteiger partial charge in [0.1, 0.15) is 0 Å². The first kappa shape index (κ1) is 17.1. The van der Waals surface area contributed by atoms with E-state index in [0.29, 0.717) is 31.9 Å². The molecular weight excluding hydrogens is 272 g/mol. The normalized spacial score (nSPS) is 10.2. The minimum absolute atomic E-state index is 0.0828. The van der Waals surface area contributed by atoms with Crippen molar-refractivity contribution in [3.63, 3.8) is 0 Å². The lowest BCUT2D eigenvalue weighted by molar-refractivity contribution is -0.120. The number of carbonyl (C=O) groups excluding carboxylic acids is 2. The third kappa shape index (κ3) is 6.87. The molecule has 21 heavy (non-hydrogen) atoms. The zero-order valence-corrected chi connectivity index (χ0v) is 12.5. The third-order valence-corrected chi connectivity index (χ3v) is 2.72. The fourth-order valence-electron chi connectivity index (χ4n) is 1.61. The highest BCUT2D eigenvalue weighted by Crippen LogP contribution is 2.05. The highest BCUT2D eigenvalue weighted by atomic mass is 16.5. The first-order valence-corrected chi connectivity index (χ1v) is 6.89. The van der Waals surface area contributed by atoms with E-state index in [0.717, 1.165) is 5.56 Å². The molecular formula is C15H22N2O4. The Morgan fingerprint density at radius 2 is 1.90 bits per heavy atom. The second kappa shape index (κ2) is 9.90. The van der Waals surface area contributed by atoms with Gasteiger partial charge in [-0.1, -0.05) is 12.1 Å². The lowest BCUT2D eigenvalue weighted by atomic mass is 10.1. The second-order valence-corrected chi connectivity index (χ2v) is 4.36. The Hall–Kier alpha value is -1.92. The number of nitrogens with one attached hydrogen (secondary N) is 2. The fourth-order valence-corrected chi connectivity index (χ4v) is 1.61. The molecule has 0 unspecified atom stereocenters. The van der Waals surface area contributed by atoms with Gasteiger partial charge in [0.05, 0.1) is 25.3 Å². The number of hydrogen-bond donors (Lipinski definition) is 2. The molecule has 0 bridgehead atoms. The van der Waals surface area contributed by atoms with Gasteiger partial charge in [-0.3, -0.25) is 4.79 Å². The van der Waals surface area contributed by atoms with Crippen molar-refractivity contribution < 1.29 is 19.1 Å². The molecule has 1 aromatic carbocycles. The minimum atomic E-state index is -0.338. The molecule has 116 valence electrons. The van der Waals surface area contributed by atoms with E-state index in [1.54, 1.807) is 38.3 Å². The van der Waals surface area contributed by atoms with E-state index in [-0.39, 0.29) is 18.4 Å². The van der Waals surface area contributed by atoms with Gasteiger partial charge in [-0.2, -0.15) is 0 Å². The smallest absolute Gasteiger partial charge is 0.338 e. The van der Waals surface area contributed by atoms with Crippen molar-refractivity contribution in [1.82, 2.24) is 10.6 Å². The van der Waals surface area contributed by atoms with Crippen LogP contribution < -0.4 is 10.6 Å². The highest BCUT2D eigenvalue weighted by Gasteiger charge is 2.06. The average Bonchev–Trinajstić information content (AvgIpc) is 2.50. The van der Waals surface area contributed by atoms with Crippen molar-refractivity contribution in [3.05, 3.63) is 35.4 Å². The minimum Gasteiger partial charge on any atom is -0.462 e. The topological polar surface area (TPSA) is 76.7 Å². The predicted molar refractivity (Wildman–Crippen MR) is 79.0 cm³/mol. The summed E-state index contributed by atoms with van der Waals surface area (Å²) < 4.78 is 9.77. The van der Waals surface area contributed by atoms with Gasteiger partial charge in [-0.15, -0.1) is 0 Å². The van der Waals surface area contributed by atoms with Gasteiger partial charge >= 0.3 is 5.97 Å². The third-order valence-electron chi connectivity index (χ3n) is 2.72. The number of hydrogen-bond acceptors (Lipinski definition) is 5. The van der Waals surface area contributed by atoms with Gasteiger partial charge in [0.15, 0.2) is 0 Å². The Morgan fingerprint density at radius 1 is 1.19 bits per heavy atom. The Morgan fingerprint density at radius 3 is 2.52 bits per heavy atom. The lowest BCUT2D eigenvalue weighted by Crippen LogP contribution is -2.34. The number of carbonyl (C=O) groups is 2. The van der Waals surface area contributed by atoms with Crippen LogP contribution in [0.1, 0.15) is 22.8 Å². The molecule has 0 heterocycles. The fraction of sp³-hybridized carbons (Fsp3) is 0.467. The van der Waals surface area contributed by atoms with Crippen molar-refractivity contribution in [2.75, 3.05) is 33.4 Å². The second-order valence-electron chi connectivity index (χ2n) is 4.36. The number of rotatable bonds is 9. The molecule has 0 aliphatic heterocycles. The van der Waals surface area contributed by atoms with Crippen LogP contribution in [0.5, 0.6) is 0 Å². The van der Waals surface area contributed by atoms with Crippen LogP contribution in [0, 0.1) is 0 Å². The first-order chi connectivity index (χ1) is 10.2. The molecule has 0 fully saturated rings. The SMILES string of the molecule is CCOC(=O)c1ccc(CNC(=O)CNCCOC)cc1. The van der Waals surface area contributed by atoms with Crippen molar-refractivity contribution in [3.8, 4) is 0 Å². The van der Waals surface area contributed by atoms with Crippen LogP contribution in [0.15, 0.2) is 24.3 Å². The summed E-state index contributed by atoms with van der Waals surface area (Å²) in [6.07, 6.45) is 0. The summed E-state index contributed by atoms with van der Waals surface area (Å²) in [5.41, 5.74) is 1.43. The summed E-state index contributed by atoms with van der Waals surface area (Å²) in [6, 6.07) is 6.97. The van der Waals surface area contributed by atoms with E-state index < -0.39 is 0 Å². The first-order valence-electron chi connectivity index (χ1n) is 6.89. The molecule has 0 aromatic heterocycles. The van der Waals surface area contributed by atoms with E-state index in [4.69, 9.17) is 9.47 Å². The van der Waals surface area contributed by atoms with Crippen molar-refractivity contribution in [2.45, 2.75) is 13.5 Å². The van der Waals surface area contributed by atoms with Crippen LogP contribution in [0.4, 0.5) is 0 Å². The van der Waals surface area contributed by atoms with Crippen LogP contribution in [0.3, 0.4) is 0 Å². The number of benzene rings is 1. The Labute approximate surface area is 124 Å². The van der Waals surface area contributed by atoms with Crippen LogP contribution in [0.25, 0.3) is 0 Å². The zero-order valence-electron chi connectivity index (χ0n) is 12.5. The Balaban J connectivity index is 2.32. The Bertz CT molecular complexity index is 445. The standard InChI is InChI=1S/C15H22N2O4/c1-3-21-15(19)13-6-4-12(5-7-13)10-17-14(18)11-16-8-9-20-2/h4-7,16H,3,8-11H2,1-2H3,(H,17,18). The van der Waals surface area contributed by atoms with E-state index in [1.165, 1.54) is 0 Å². The molecule has 0 atom stereocenters. The molecule has 6 nitrogen and oxygen atoms in total. The summed E-state index contributed by atoms with van der Waals surface area (Å²) in [6.45, 7) is 4.01. The summed E-state index contributed by atoms with van der Waals surface area (Å²) in [7, 11) is 1.61. The maximum atomic E-state index is 11.6. The van der Waals surface area contributed by atoms with E-state index in [9.17, 15) is 9.59 Å². The molecule has 0 radical (unpaired) electrons. The number of ether oxygens (including phenoxy) is 2. The molecule has 0 saturated heterocycles. The lowest BCUT2D eigenvalue weighted by Gasteiger charge is -2.07. The number of amides is 1. The van der Waals surface area contributed by atoms with Crippen LogP contribution in [0.2, 0.25) is 0 Å². The summed E-state index contributed by atoms with van der Waals surface area (Å²) in [5, 5.41) is 5.75. The molecule has 1 amide bonds. The number of esters is 1. The predicted octanol–water partition coefficient (Wildman–Crippen LogP) is 0.715. The molecule has 6 heteroatoms. The van der Waals surface area contributed by atoms with Gasteiger partial charge in [0, 0.05) is 20.2 Å². The van der Waals surface area contributed by atoms with Crippen LogP contribution in [-0.2, 0) is 20.8 Å².